The third kappa shape index (κ3) is 3.14. The molecule has 1 aliphatic carbocycles. The van der Waals surface area contributed by atoms with Crippen LogP contribution in [0.3, 0.4) is 0 Å². The summed E-state index contributed by atoms with van der Waals surface area (Å²) in [6.07, 6.45) is 4.83. The van der Waals surface area contributed by atoms with E-state index in [9.17, 15) is 13.6 Å². The largest absolute Gasteiger partial charge is 0.335 e. The molecule has 0 unspecified atom stereocenters. The second-order valence-corrected chi connectivity index (χ2v) is 6.29. The Hall–Kier alpha value is -1.49. The molecular weight excluding hydrogens is 286 g/mol. The molecule has 1 heterocycles. The van der Waals surface area contributed by atoms with Crippen LogP contribution < -0.4 is 5.32 Å². The zero-order valence-corrected chi connectivity index (χ0v) is 12.7. The van der Waals surface area contributed by atoms with Crippen LogP contribution in [0.1, 0.15) is 37.7 Å². The average Bonchev–Trinajstić information content (AvgIpc) is 3.20. The summed E-state index contributed by atoms with van der Waals surface area (Å²) in [5.74, 6) is -1.16. The van der Waals surface area contributed by atoms with Gasteiger partial charge in [-0.2, -0.15) is 0 Å². The molecule has 22 heavy (non-hydrogen) atoms. The van der Waals surface area contributed by atoms with E-state index in [0.717, 1.165) is 38.6 Å². The normalized spacial score (nSPS) is 22.2. The first kappa shape index (κ1) is 15.4. The predicted molar refractivity (Wildman–Crippen MR) is 80.1 cm³/mol. The number of carbonyl (C=O) groups excluding carboxylic acids is 1. The van der Waals surface area contributed by atoms with Crippen molar-refractivity contribution < 1.29 is 13.6 Å². The van der Waals surface area contributed by atoms with Crippen LogP contribution in [0.4, 0.5) is 8.78 Å². The molecule has 3 nitrogen and oxygen atoms in total. The number of amides is 1. The molecule has 1 saturated carbocycles. The van der Waals surface area contributed by atoms with Crippen molar-refractivity contribution in [2.24, 2.45) is 5.92 Å². The minimum absolute atomic E-state index is 0.00806. The van der Waals surface area contributed by atoms with E-state index in [0.29, 0.717) is 6.54 Å². The van der Waals surface area contributed by atoms with Gasteiger partial charge >= 0.3 is 0 Å². The summed E-state index contributed by atoms with van der Waals surface area (Å²) in [6, 6.07) is 3.99. The van der Waals surface area contributed by atoms with Crippen molar-refractivity contribution in [2.45, 2.75) is 44.7 Å². The molecule has 2 fully saturated rings. The first-order chi connectivity index (χ1) is 10.7. The minimum Gasteiger partial charge on any atom is -0.335 e. The van der Waals surface area contributed by atoms with Crippen LogP contribution in [0.15, 0.2) is 18.2 Å². The molecule has 0 radical (unpaired) electrons. The molecule has 1 aromatic carbocycles. The summed E-state index contributed by atoms with van der Waals surface area (Å²) in [4.78, 5) is 14.5. The standard InChI is InChI=1S/C17H22F2N2O/c18-15-6-3-7-16(19)14(15)11-21(13-4-1-2-5-13)17(22)12-8-9-20-10-12/h3,6-7,12-13,20H,1-2,4-5,8-11H2/t12-/m0/s1. The highest BCUT2D eigenvalue weighted by Gasteiger charge is 2.33. The number of hydrogen-bond acceptors (Lipinski definition) is 2. The van der Waals surface area contributed by atoms with Gasteiger partial charge in [-0.3, -0.25) is 4.79 Å². The molecule has 0 aromatic heterocycles. The number of hydrogen-bond donors (Lipinski definition) is 1. The van der Waals surface area contributed by atoms with Crippen LogP contribution in [0, 0.1) is 17.6 Å². The van der Waals surface area contributed by atoms with Gasteiger partial charge in [-0.25, -0.2) is 8.78 Å². The zero-order valence-electron chi connectivity index (χ0n) is 12.7. The summed E-state index contributed by atoms with van der Waals surface area (Å²) in [6.45, 7) is 1.54. The molecule has 1 N–H and O–H groups in total. The number of nitrogens with zero attached hydrogens (tertiary/aromatic N) is 1. The summed E-state index contributed by atoms with van der Waals surface area (Å²) in [7, 11) is 0. The summed E-state index contributed by atoms with van der Waals surface area (Å²) in [5, 5.41) is 3.19. The third-order valence-electron chi connectivity index (χ3n) is 4.85. The van der Waals surface area contributed by atoms with E-state index < -0.39 is 11.6 Å². The molecule has 5 heteroatoms. The molecule has 1 aromatic rings. The van der Waals surface area contributed by atoms with Gasteiger partial charge in [-0.1, -0.05) is 18.9 Å². The second kappa shape index (κ2) is 6.73. The highest BCUT2D eigenvalue weighted by atomic mass is 19.1. The van der Waals surface area contributed by atoms with E-state index in [1.165, 1.54) is 18.2 Å². The lowest BCUT2D eigenvalue weighted by Gasteiger charge is -2.31. The Balaban J connectivity index is 1.83. The summed E-state index contributed by atoms with van der Waals surface area (Å²) in [5.41, 5.74) is 0.00806. The average molecular weight is 308 g/mol. The Labute approximate surface area is 129 Å². The fourth-order valence-corrected chi connectivity index (χ4v) is 3.56. The van der Waals surface area contributed by atoms with Crippen molar-refractivity contribution in [1.82, 2.24) is 10.2 Å². The molecule has 1 amide bonds. The third-order valence-corrected chi connectivity index (χ3v) is 4.85. The van der Waals surface area contributed by atoms with Crippen LogP contribution in [0.5, 0.6) is 0 Å². The van der Waals surface area contributed by atoms with E-state index >= 15 is 0 Å². The number of nitrogens with one attached hydrogen (secondary N) is 1. The van der Waals surface area contributed by atoms with Crippen LogP contribution in [-0.4, -0.2) is 29.9 Å². The summed E-state index contributed by atoms with van der Waals surface area (Å²) < 4.78 is 27.9. The lowest BCUT2D eigenvalue weighted by molar-refractivity contribution is -0.138. The predicted octanol–water partition coefficient (Wildman–Crippen LogP) is 2.85. The van der Waals surface area contributed by atoms with Gasteiger partial charge < -0.3 is 10.2 Å². The fraction of sp³-hybridized carbons (Fsp3) is 0.588. The topological polar surface area (TPSA) is 32.3 Å². The number of benzene rings is 1. The van der Waals surface area contributed by atoms with Crippen molar-refractivity contribution in [2.75, 3.05) is 13.1 Å². The zero-order chi connectivity index (χ0) is 15.5. The van der Waals surface area contributed by atoms with Crippen molar-refractivity contribution in [1.29, 1.82) is 0 Å². The van der Waals surface area contributed by atoms with Crippen LogP contribution in [0.25, 0.3) is 0 Å². The maximum atomic E-state index is 13.9. The maximum absolute atomic E-state index is 13.9. The van der Waals surface area contributed by atoms with Crippen LogP contribution in [-0.2, 0) is 11.3 Å². The molecule has 0 spiro atoms. The Morgan fingerprint density at radius 1 is 1.18 bits per heavy atom. The molecule has 0 bridgehead atoms. The number of halogens is 2. The lowest BCUT2D eigenvalue weighted by atomic mass is 10.0. The Morgan fingerprint density at radius 3 is 2.45 bits per heavy atom. The maximum Gasteiger partial charge on any atom is 0.227 e. The van der Waals surface area contributed by atoms with Gasteiger partial charge in [0, 0.05) is 18.2 Å². The van der Waals surface area contributed by atoms with Crippen LogP contribution in [0.2, 0.25) is 0 Å². The Morgan fingerprint density at radius 2 is 1.86 bits per heavy atom. The Kier molecular flexibility index (Phi) is 4.71. The fourth-order valence-electron chi connectivity index (χ4n) is 3.56. The highest BCUT2D eigenvalue weighted by molar-refractivity contribution is 5.79. The molecule has 120 valence electrons. The summed E-state index contributed by atoms with van der Waals surface area (Å²) >= 11 is 0. The van der Waals surface area contributed by atoms with E-state index in [1.54, 1.807) is 4.90 Å². The first-order valence-corrected chi connectivity index (χ1v) is 8.11. The SMILES string of the molecule is O=C([C@H]1CCNC1)N(Cc1c(F)cccc1F)C1CCCC1. The van der Waals surface area contributed by atoms with Crippen molar-refractivity contribution in [3.8, 4) is 0 Å². The quantitative estimate of drug-likeness (QED) is 0.927. The van der Waals surface area contributed by atoms with Gasteiger partial charge in [-0.05, 0) is 37.9 Å². The molecule has 2 aliphatic rings. The van der Waals surface area contributed by atoms with Crippen molar-refractivity contribution in [3.05, 3.63) is 35.4 Å². The smallest absolute Gasteiger partial charge is 0.227 e. The second-order valence-electron chi connectivity index (χ2n) is 6.29. The van der Waals surface area contributed by atoms with Crippen molar-refractivity contribution in [3.63, 3.8) is 0 Å². The Bertz CT molecular complexity index is 517. The lowest BCUT2D eigenvalue weighted by Crippen LogP contribution is -2.42. The number of rotatable bonds is 4. The molecular formula is C17H22F2N2O. The first-order valence-electron chi connectivity index (χ1n) is 8.11. The van der Waals surface area contributed by atoms with Gasteiger partial charge in [-0.15, -0.1) is 0 Å². The van der Waals surface area contributed by atoms with Crippen LogP contribution >= 0.6 is 0 Å². The number of carbonyl (C=O) groups is 1. The van der Waals surface area contributed by atoms with Gasteiger partial charge in [0.15, 0.2) is 0 Å². The van der Waals surface area contributed by atoms with Gasteiger partial charge in [0.25, 0.3) is 0 Å². The van der Waals surface area contributed by atoms with E-state index in [-0.39, 0.29) is 30.0 Å². The van der Waals surface area contributed by atoms with E-state index in [4.69, 9.17) is 0 Å². The van der Waals surface area contributed by atoms with Gasteiger partial charge in [0.05, 0.1) is 12.5 Å². The highest BCUT2D eigenvalue weighted by Crippen LogP contribution is 2.28. The van der Waals surface area contributed by atoms with E-state index in [2.05, 4.69) is 5.32 Å². The monoisotopic (exact) mass is 308 g/mol. The van der Waals surface area contributed by atoms with E-state index in [1.807, 2.05) is 0 Å². The molecule has 3 rings (SSSR count). The van der Waals surface area contributed by atoms with Gasteiger partial charge in [0.1, 0.15) is 11.6 Å². The molecule has 1 aliphatic heterocycles. The van der Waals surface area contributed by atoms with Gasteiger partial charge in [0.2, 0.25) is 5.91 Å². The minimum atomic E-state index is -0.569. The van der Waals surface area contributed by atoms with Crippen molar-refractivity contribution >= 4 is 5.91 Å². The molecule has 1 saturated heterocycles. The molecule has 1 atom stereocenters.